The summed E-state index contributed by atoms with van der Waals surface area (Å²) in [7, 11) is -3.29. The Labute approximate surface area is 162 Å². The molecule has 1 N–H and O–H groups in total. The predicted octanol–water partition coefficient (Wildman–Crippen LogP) is 2.97. The summed E-state index contributed by atoms with van der Waals surface area (Å²) in [4.78, 5) is 16.5. The second-order valence-corrected chi connectivity index (χ2v) is 8.41. The highest BCUT2D eigenvalue weighted by Crippen LogP contribution is 2.24. The smallest absolute Gasteiger partial charge is 0.407 e. The number of carbonyl (C=O) groups is 1. The van der Waals surface area contributed by atoms with Crippen LogP contribution in [0.2, 0.25) is 0 Å². The second kappa shape index (κ2) is 7.97. The monoisotopic (exact) mass is 406 g/mol. The van der Waals surface area contributed by atoms with Crippen LogP contribution in [0.25, 0.3) is 5.57 Å². The van der Waals surface area contributed by atoms with Crippen LogP contribution in [0, 0.1) is 5.82 Å². The lowest BCUT2D eigenvalue weighted by Gasteiger charge is -2.23. The standard InChI is InChI=1S/C19H19FN2O5S/c1-28(25,26)16-4-2-15(3-5-16)27-12-18-17(20)10-14(11-21-18)13-6-8-22(9-7-13)19(23)24/h2-6,10-11H,7-9,12H2,1H3,(H,23,24). The van der Waals surface area contributed by atoms with Crippen molar-refractivity contribution in [3.05, 3.63) is 59.7 Å². The molecule has 9 heteroatoms. The van der Waals surface area contributed by atoms with Crippen molar-refractivity contribution < 1.29 is 27.4 Å². The molecule has 0 bridgehead atoms. The van der Waals surface area contributed by atoms with E-state index in [2.05, 4.69) is 4.98 Å². The van der Waals surface area contributed by atoms with E-state index in [0.717, 1.165) is 11.8 Å². The number of hydrogen-bond donors (Lipinski definition) is 1. The molecule has 148 valence electrons. The zero-order valence-electron chi connectivity index (χ0n) is 15.1. The Kier molecular flexibility index (Phi) is 5.64. The molecular weight excluding hydrogens is 387 g/mol. The topological polar surface area (TPSA) is 96.8 Å². The van der Waals surface area contributed by atoms with Crippen LogP contribution in [0.3, 0.4) is 0 Å². The van der Waals surface area contributed by atoms with Crippen molar-refractivity contribution in [2.45, 2.75) is 17.9 Å². The maximum atomic E-state index is 14.4. The molecule has 0 unspecified atom stereocenters. The lowest BCUT2D eigenvalue weighted by atomic mass is 10.0. The van der Waals surface area contributed by atoms with Crippen LogP contribution in [0.15, 0.2) is 47.5 Å². The summed E-state index contributed by atoms with van der Waals surface area (Å²) in [5.41, 5.74) is 1.59. The Balaban J connectivity index is 1.66. The molecule has 3 rings (SSSR count). The number of benzene rings is 1. The molecule has 0 atom stereocenters. The number of halogens is 1. The Morgan fingerprint density at radius 2 is 2.04 bits per heavy atom. The summed E-state index contributed by atoms with van der Waals surface area (Å²) in [5.74, 6) is -0.117. The lowest BCUT2D eigenvalue weighted by Crippen LogP contribution is -2.33. The van der Waals surface area contributed by atoms with Gasteiger partial charge in [-0.2, -0.15) is 0 Å². The van der Waals surface area contributed by atoms with E-state index >= 15 is 0 Å². The molecule has 1 amide bonds. The number of rotatable bonds is 5. The normalized spacial score (nSPS) is 14.5. The van der Waals surface area contributed by atoms with Gasteiger partial charge in [-0.1, -0.05) is 6.08 Å². The Bertz CT molecular complexity index is 1020. The summed E-state index contributed by atoms with van der Waals surface area (Å²) < 4.78 is 42.8. The number of amides is 1. The van der Waals surface area contributed by atoms with Gasteiger partial charge in [0.05, 0.1) is 4.90 Å². The van der Waals surface area contributed by atoms with Crippen LogP contribution in [0.5, 0.6) is 5.75 Å². The summed E-state index contributed by atoms with van der Waals surface area (Å²) in [6.45, 7) is 0.522. The molecule has 7 nitrogen and oxygen atoms in total. The van der Waals surface area contributed by atoms with Gasteiger partial charge in [-0.25, -0.2) is 17.6 Å². The minimum absolute atomic E-state index is 0.101. The molecule has 0 fully saturated rings. The van der Waals surface area contributed by atoms with E-state index in [9.17, 15) is 17.6 Å². The van der Waals surface area contributed by atoms with E-state index in [1.807, 2.05) is 0 Å². The zero-order valence-corrected chi connectivity index (χ0v) is 15.9. The molecule has 0 aliphatic carbocycles. The maximum Gasteiger partial charge on any atom is 0.407 e. The van der Waals surface area contributed by atoms with Crippen molar-refractivity contribution in [2.75, 3.05) is 19.3 Å². The van der Waals surface area contributed by atoms with E-state index in [1.54, 1.807) is 6.08 Å². The van der Waals surface area contributed by atoms with Crippen LogP contribution in [0.1, 0.15) is 17.7 Å². The molecule has 0 spiro atoms. The van der Waals surface area contributed by atoms with E-state index < -0.39 is 21.7 Å². The van der Waals surface area contributed by atoms with Crippen molar-refractivity contribution in [1.29, 1.82) is 0 Å². The average molecular weight is 406 g/mol. The zero-order chi connectivity index (χ0) is 20.3. The van der Waals surface area contributed by atoms with Gasteiger partial charge in [0.2, 0.25) is 0 Å². The first-order chi connectivity index (χ1) is 13.2. The van der Waals surface area contributed by atoms with Crippen molar-refractivity contribution in [3.63, 3.8) is 0 Å². The summed E-state index contributed by atoms with van der Waals surface area (Å²) in [5, 5.41) is 8.96. The third-order valence-corrected chi connectivity index (χ3v) is 5.52. The highest BCUT2D eigenvalue weighted by atomic mass is 32.2. The highest BCUT2D eigenvalue weighted by Gasteiger charge is 2.18. The van der Waals surface area contributed by atoms with Gasteiger partial charge < -0.3 is 14.7 Å². The molecule has 1 aliphatic heterocycles. The van der Waals surface area contributed by atoms with Gasteiger partial charge >= 0.3 is 6.09 Å². The fourth-order valence-electron chi connectivity index (χ4n) is 2.79. The van der Waals surface area contributed by atoms with Crippen molar-refractivity contribution >= 4 is 21.5 Å². The van der Waals surface area contributed by atoms with Gasteiger partial charge in [-0.3, -0.25) is 4.98 Å². The van der Waals surface area contributed by atoms with Crippen molar-refractivity contribution in [3.8, 4) is 5.75 Å². The molecule has 1 aliphatic rings. The van der Waals surface area contributed by atoms with Crippen molar-refractivity contribution in [1.82, 2.24) is 9.88 Å². The number of sulfone groups is 1. The maximum absolute atomic E-state index is 14.4. The van der Waals surface area contributed by atoms with Crippen LogP contribution >= 0.6 is 0 Å². The number of hydrogen-bond acceptors (Lipinski definition) is 5. The SMILES string of the molecule is CS(=O)(=O)c1ccc(OCc2ncc(C3=CCN(C(=O)O)CC3)cc2F)cc1. The first-order valence-corrected chi connectivity index (χ1v) is 10.4. The highest BCUT2D eigenvalue weighted by molar-refractivity contribution is 7.90. The molecule has 2 heterocycles. The van der Waals surface area contributed by atoms with Crippen LogP contribution < -0.4 is 4.74 Å². The minimum atomic E-state index is -3.29. The summed E-state index contributed by atoms with van der Waals surface area (Å²) in [6.07, 6.45) is 3.93. The molecule has 0 saturated heterocycles. The predicted molar refractivity (Wildman–Crippen MR) is 100 cm³/mol. The van der Waals surface area contributed by atoms with E-state index in [-0.39, 0.29) is 23.7 Å². The molecule has 0 saturated carbocycles. The van der Waals surface area contributed by atoms with E-state index in [0.29, 0.717) is 24.3 Å². The van der Waals surface area contributed by atoms with E-state index in [1.165, 1.54) is 41.4 Å². The van der Waals surface area contributed by atoms with Crippen molar-refractivity contribution in [2.24, 2.45) is 0 Å². The molecule has 1 aromatic heterocycles. The average Bonchev–Trinajstić information content (AvgIpc) is 2.66. The van der Waals surface area contributed by atoms with E-state index in [4.69, 9.17) is 9.84 Å². The number of ether oxygens (including phenoxy) is 1. The molecule has 2 aromatic rings. The first kappa shape index (κ1) is 19.8. The lowest BCUT2D eigenvalue weighted by molar-refractivity contribution is 0.150. The Hall–Kier alpha value is -2.94. The Morgan fingerprint density at radius 1 is 1.32 bits per heavy atom. The minimum Gasteiger partial charge on any atom is -0.487 e. The summed E-state index contributed by atoms with van der Waals surface area (Å²) in [6, 6.07) is 7.22. The van der Waals surface area contributed by atoms with Crippen LogP contribution in [-0.4, -0.2) is 48.8 Å². The third kappa shape index (κ3) is 4.66. The molecule has 0 radical (unpaired) electrons. The largest absolute Gasteiger partial charge is 0.487 e. The van der Waals surface area contributed by atoms with Gasteiger partial charge in [0.25, 0.3) is 0 Å². The van der Waals surface area contributed by atoms with Gasteiger partial charge in [-0.15, -0.1) is 0 Å². The fourth-order valence-corrected chi connectivity index (χ4v) is 3.42. The molecular formula is C19H19FN2O5S. The third-order valence-electron chi connectivity index (χ3n) is 4.40. The number of aromatic nitrogens is 1. The quantitative estimate of drug-likeness (QED) is 0.820. The number of carboxylic acid groups (broad SMARTS) is 1. The van der Waals surface area contributed by atoms with Gasteiger partial charge in [-0.05, 0) is 47.9 Å². The molecule has 28 heavy (non-hydrogen) atoms. The fraction of sp³-hybridized carbons (Fsp3) is 0.263. The first-order valence-electron chi connectivity index (χ1n) is 8.48. The van der Waals surface area contributed by atoms with Gasteiger partial charge in [0, 0.05) is 25.5 Å². The number of nitrogens with zero attached hydrogens (tertiary/aromatic N) is 2. The van der Waals surface area contributed by atoms with Gasteiger partial charge in [0.15, 0.2) is 9.84 Å². The second-order valence-electron chi connectivity index (χ2n) is 6.39. The van der Waals surface area contributed by atoms with Crippen LogP contribution in [-0.2, 0) is 16.4 Å². The summed E-state index contributed by atoms with van der Waals surface area (Å²) >= 11 is 0. The molecule has 1 aromatic carbocycles. The van der Waals surface area contributed by atoms with Crippen LogP contribution in [0.4, 0.5) is 9.18 Å². The van der Waals surface area contributed by atoms with Gasteiger partial charge in [0.1, 0.15) is 23.9 Å². The Morgan fingerprint density at radius 3 is 2.57 bits per heavy atom. The number of pyridine rings is 1.